The monoisotopic (exact) mass is 280 g/mol. The number of rotatable bonds is 3. The first-order valence-corrected chi connectivity index (χ1v) is 6.63. The van der Waals surface area contributed by atoms with Crippen LogP contribution in [0, 0.1) is 13.8 Å². The highest BCUT2D eigenvalue weighted by molar-refractivity contribution is 7.99. The molecule has 1 heterocycles. The summed E-state index contributed by atoms with van der Waals surface area (Å²) in [5.41, 5.74) is 2.01. The number of halogens is 1. The van der Waals surface area contributed by atoms with Crippen LogP contribution in [0.2, 0.25) is 5.15 Å². The summed E-state index contributed by atoms with van der Waals surface area (Å²) in [5.74, 6) is 0.830. The van der Waals surface area contributed by atoms with Gasteiger partial charge in [0, 0.05) is 0 Å². The zero-order valence-corrected chi connectivity index (χ0v) is 12.0. The first-order valence-electron chi connectivity index (χ1n) is 5.43. The van der Waals surface area contributed by atoms with Gasteiger partial charge in [0.15, 0.2) is 5.15 Å². The van der Waals surface area contributed by atoms with Crippen molar-refractivity contribution in [2.24, 2.45) is 0 Å². The van der Waals surface area contributed by atoms with Crippen molar-refractivity contribution in [3.8, 4) is 5.75 Å². The Hall–Kier alpha value is -1.26. The molecule has 0 atom stereocenters. The van der Waals surface area contributed by atoms with Crippen molar-refractivity contribution < 1.29 is 4.74 Å². The molecule has 0 fully saturated rings. The van der Waals surface area contributed by atoms with E-state index in [0.717, 1.165) is 26.8 Å². The predicted octanol–water partition coefficient (Wildman–Crippen LogP) is 3.91. The largest absolute Gasteiger partial charge is 0.496 e. The Morgan fingerprint density at radius 3 is 2.56 bits per heavy atom. The van der Waals surface area contributed by atoms with Gasteiger partial charge in [-0.15, -0.1) is 10.2 Å². The van der Waals surface area contributed by atoms with Crippen molar-refractivity contribution in [2.75, 3.05) is 7.11 Å². The molecule has 5 heteroatoms. The second-order valence-corrected chi connectivity index (χ2v) is 5.19. The van der Waals surface area contributed by atoms with Gasteiger partial charge in [-0.1, -0.05) is 35.5 Å². The molecule has 1 aromatic heterocycles. The summed E-state index contributed by atoms with van der Waals surface area (Å²) >= 11 is 7.47. The molecule has 0 saturated heterocycles. The number of methoxy groups -OCH3 is 1. The molecule has 2 rings (SSSR count). The number of hydrogen-bond acceptors (Lipinski definition) is 4. The summed E-state index contributed by atoms with van der Waals surface area (Å²) in [6.07, 6.45) is 0. The number of nitrogens with zero attached hydrogens (tertiary/aromatic N) is 2. The molecule has 3 nitrogen and oxygen atoms in total. The molecule has 0 aliphatic carbocycles. The van der Waals surface area contributed by atoms with E-state index in [2.05, 4.69) is 10.2 Å². The Bertz CT molecular complexity index is 575. The van der Waals surface area contributed by atoms with Gasteiger partial charge in [-0.3, -0.25) is 0 Å². The molecule has 0 unspecified atom stereocenters. The normalized spacial score (nSPS) is 10.4. The van der Waals surface area contributed by atoms with Crippen molar-refractivity contribution in [1.82, 2.24) is 10.2 Å². The maximum absolute atomic E-state index is 5.94. The zero-order valence-electron chi connectivity index (χ0n) is 10.4. The number of ether oxygens (including phenoxy) is 1. The van der Waals surface area contributed by atoms with Crippen molar-refractivity contribution in [3.05, 3.63) is 40.5 Å². The molecular formula is C13H13ClN2OS. The molecule has 0 spiro atoms. The van der Waals surface area contributed by atoms with E-state index in [1.165, 1.54) is 11.8 Å². The second-order valence-electron chi connectivity index (χ2n) is 3.80. The van der Waals surface area contributed by atoms with Crippen molar-refractivity contribution in [2.45, 2.75) is 23.8 Å². The minimum atomic E-state index is 0.455. The van der Waals surface area contributed by atoms with Gasteiger partial charge in [0.1, 0.15) is 10.8 Å². The van der Waals surface area contributed by atoms with Crippen LogP contribution in [0.15, 0.2) is 34.2 Å². The van der Waals surface area contributed by atoms with Crippen LogP contribution in [0.1, 0.15) is 11.1 Å². The van der Waals surface area contributed by atoms with Crippen LogP contribution in [-0.4, -0.2) is 17.3 Å². The maximum Gasteiger partial charge on any atom is 0.154 e. The Morgan fingerprint density at radius 1 is 1.11 bits per heavy atom. The van der Waals surface area contributed by atoms with Crippen LogP contribution < -0.4 is 4.74 Å². The third kappa shape index (κ3) is 2.60. The summed E-state index contributed by atoms with van der Waals surface area (Å²) in [7, 11) is 1.66. The molecule has 0 aliphatic rings. The Kier molecular flexibility index (Phi) is 4.09. The van der Waals surface area contributed by atoms with Gasteiger partial charge in [-0.05, 0) is 37.1 Å². The minimum absolute atomic E-state index is 0.455. The molecule has 1 aromatic carbocycles. The van der Waals surface area contributed by atoms with Crippen LogP contribution in [0.3, 0.4) is 0 Å². The van der Waals surface area contributed by atoms with Crippen molar-refractivity contribution in [1.29, 1.82) is 0 Å². The SMILES string of the molecule is COc1ccccc1Sc1nnc(Cl)c(C)c1C. The Balaban J connectivity index is 2.37. The fourth-order valence-electron chi connectivity index (χ4n) is 1.46. The molecule has 0 aliphatic heterocycles. The van der Waals surface area contributed by atoms with E-state index in [9.17, 15) is 0 Å². The first kappa shape index (κ1) is 13.2. The van der Waals surface area contributed by atoms with Crippen LogP contribution in [-0.2, 0) is 0 Å². The van der Waals surface area contributed by atoms with Gasteiger partial charge in [0.2, 0.25) is 0 Å². The van der Waals surface area contributed by atoms with Gasteiger partial charge in [0.25, 0.3) is 0 Å². The van der Waals surface area contributed by atoms with Crippen molar-refractivity contribution >= 4 is 23.4 Å². The van der Waals surface area contributed by atoms with Crippen LogP contribution in [0.4, 0.5) is 0 Å². The fourth-order valence-corrected chi connectivity index (χ4v) is 2.63. The van der Waals surface area contributed by atoms with Crippen molar-refractivity contribution in [3.63, 3.8) is 0 Å². The van der Waals surface area contributed by atoms with Crippen LogP contribution in [0.25, 0.3) is 0 Å². The molecule has 0 bridgehead atoms. The van der Waals surface area contributed by atoms with E-state index in [-0.39, 0.29) is 0 Å². The molecule has 0 N–H and O–H groups in total. The zero-order chi connectivity index (χ0) is 13.1. The standard InChI is InChI=1S/C13H13ClN2OS/c1-8-9(2)13(16-15-12(8)14)18-11-7-5-4-6-10(11)17-3/h4-7H,1-3H3. The van der Waals surface area contributed by atoms with E-state index < -0.39 is 0 Å². The summed E-state index contributed by atoms with van der Waals surface area (Å²) in [6.45, 7) is 3.94. The summed E-state index contributed by atoms with van der Waals surface area (Å²) < 4.78 is 5.32. The fraction of sp³-hybridized carbons (Fsp3) is 0.231. The van der Waals surface area contributed by atoms with E-state index >= 15 is 0 Å². The highest BCUT2D eigenvalue weighted by Crippen LogP contribution is 2.36. The van der Waals surface area contributed by atoms with Crippen LogP contribution in [0.5, 0.6) is 5.75 Å². The number of aromatic nitrogens is 2. The lowest BCUT2D eigenvalue weighted by Gasteiger charge is -2.10. The van der Waals surface area contributed by atoms with Gasteiger partial charge >= 0.3 is 0 Å². The Labute approximate surface area is 116 Å². The second kappa shape index (κ2) is 5.59. The molecular weight excluding hydrogens is 268 g/mol. The van der Waals surface area contributed by atoms with E-state index in [4.69, 9.17) is 16.3 Å². The lowest BCUT2D eigenvalue weighted by Crippen LogP contribution is -1.95. The topological polar surface area (TPSA) is 35.0 Å². The van der Waals surface area contributed by atoms with Crippen LogP contribution >= 0.6 is 23.4 Å². The molecule has 0 radical (unpaired) electrons. The van der Waals surface area contributed by atoms with Gasteiger partial charge in [-0.25, -0.2) is 0 Å². The highest BCUT2D eigenvalue weighted by Gasteiger charge is 2.11. The van der Waals surface area contributed by atoms with Gasteiger partial charge in [-0.2, -0.15) is 0 Å². The quantitative estimate of drug-likeness (QED) is 0.854. The lowest BCUT2D eigenvalue weighted by atomic mass is 10.2. The maximum atomic E-state index is 5.94. The van der Waals surface area contributed by atoms with E-state index in [1.54, 1.807) is 7.11 Å². The smallest absolute Gasteiger partial charge is 0.154 e. The third-order valence-corrected chi connectivity index (χ3v) is 4.19. The lowest BCUT2D eigenvalue weighted by molar-refractivity contribution is 0.405. The van der Waals surface area contributed by atoms with E-state index in [0.29, 0.717) is 5.15 Å². The predicted molar refractivity (Wildman–Crippen MR) is 73.6 cm³/mol. The summed E-state index contributed by atoms with van der Waals surface area (Å²) in [6, 6.07) is 7.83. The van der Waals surface area contributed by atoms with Gasteiger partial charge < -0.3 is 4.74 Å². The molecule has 18 heavy (non-hydrogen) atoms. The average Bonchev–Trinajstić information content (AvgIpc) is 2.40. The average molecular weight is 281 g/mol. The van der Waals surface area contributed by atoms with E-state index in [1.807, 2.05) is 38.1 Å². The molecule has 2 aromatic rings. The van der Waals surface area contributed by atoms with Gasteiger partial charge in [0.05, 0.1) is 12.0 Å². The third-order valence-electron chi connectivity index (χ3n) is 2.70. The minimum Gasteiger partial charge on any atom is -0.496 e. The molecule has 94 valence electrons. The Morgan fingerprint density at radius 2 is 1.83 bits per heavy atom. The highest BCUT2D eigenvalue weighted by atomic mass is 35.5. The number of benzene rings is 1. The molecule has 0 amide bonds. The molecule has 0 saturated carbocycles. The first-order chi connectivity index (χ1) is 8.63. The number of para-hydroxylation sites is 1. The summed E-state index contributed by atoms with van der Waals surface area (Å²) in [5, 5.41) is 9.38. The number of hydrogen-bond donors (Lipinski definition) is 0. The summed E-state index contributed by atoms with van der Waals surface area (Å²) in [4.78, 5) is 1.01.